The second kappa shape index (κ2) is 11.9. The van der Waals surface area contributed by atoms with E-state index in [2.05, 4.69) is 26.7 Å². The highest BCUT2D eigenvalue weighted by Crippen LogP contribution is 2.36. The van der Waals surface area contributed by atoms with Crippen LogP contribution in [0.5, 0.6) is 5.75 Å². The van der Waals surface area contributed by atoms with Crippen molar-refractivity contribution < 1.29 is 18.3 Å². The number of pyridine rings is 1. The molecular weight excluding hydrogens is 526 g/mol. The van der Waals surface area contributed by atoms with E-state index in [1.807, 2.05) is 31.2 Å². The minimum Gasteiger partial charge on any atom is -0.496 e. The third-order valence-electron chi connectivity index (χ3n) is 8.31. The topological polar surface area (TPSA) is 79.4 Å². The van der Waals surface area contributed by atoms with E-state index in [9.17, 15) is 18.4 Å². The summed E-state index contributed by atoms with van der Waals surface area (Å²) in [5.74, 6) is -0.542. The number of piperidine rings is 1. The minimum atomic E-state index is -0.553. The molecule has 2 aromatic heterocycles. The van der Waals surface area contributed by atoms with Crippen molar-refractivity contribution in [2.45, 2.75) is 52.7 Å². The zero-order valence-electron chi connectivity index (χ0n) is 23.9. The SMILES string of the molecule is COc1cc(C)[nH]c(=O)c1CNC(=O)c1c(C)n([C@H](C)C2CCN(Cc3cc(F)cc(F)c3)CC2)c2ccccc12. The molecule has 0 unspecified atom stereocenters. The average Bonchev–Trinajstić information content (AvgIpc) is 3.23. The first kappa shape index (κ1) is 28.5. The van der Waals surface area contributed by atoms with Crippen molar-refractivity contribution in [1.82, 2.24) is 19.8 Å². The fourth-order valence-corrected chi connectivity index (χ4v) is 6.26. The molecule has 1 saturated heterocycles. The number of aryl methyl sites for hydroxylation is 1. The zero-order chi connectivity index (χ0) is 29.3. The van der Waals surface area contributed by atoms with Crippen molar-refractivity contribution >= 4 is 16.8 Å². The quantitative estimate of drug-likeness (QED) is 0.292. The molecule has 41 heavy (non-hydrogen) atoms. The molecule has 0 spiro atoms. The number of benzene rings is 2. The van der Waals surface area contributed by atoms with Gasteiger partial charge in [0.2, 0.25) is 0 Å². The van der Waals surface area contributed by atoms with Crippen molar-refractivity contribution in [2.75, 3.05) is 20.2 Å². The third-order valence-corrected chi connectivity index (χ3v) is 8.31. The number of para-hydroxylation sites is 1. The summed E-state index contributed by atoms with van der Waals surface area (Å²) in [5.41, 5.74) is 3.87. The number of likely N-dealkylation sites (tertiary alicyclic amines) is 1. The number of aromatic nitrogens is 2. The number of rotatable bonds is 8. The van der Waals surface area contributed by atoms with Crippen LogP contribution in [0.4, 0.5) is 8.78 Å². The summed E-state index contributed by atoms with van der Waals surface area (Å²) in [6.07, 6.45) is 1.87. The number of fused-ring (bicyclic) bond motifs is 1. The Morgan fingerprint density at radius 3 is 2.46 bits per heavy atom. The number of hydrogen-bond donors (Lipinski definition) is 2. The smallest absolute Gasteiger partial charge is 0.256 e. The van der Waals surface area contributed by atoms with Crippen molar-refractivity contribution in [3.8, 4) is 5.75 Å². The van der Waals surface area contributed by atoms with E-state index in [0.29, 0.717) is 40.6 Å². The second-order valence-corrected chi connectivity index (χ2v) is 11.0. The summed E-state index contributed by atoms with van der Waals surface area (Å²) < 4.78 is 34.9. The van der Waals surface area contributed by atoms with Gasteiger partial charge in [-0.15, -0.1) is 0 Å². The number of carbonyl (C=O) groups excluding carboxylic acids is 1. The first-order valence-corrected chi connectivity index (χ1v) is 14.0. The summed E-state index contributed by atoms with van der Waals surface area (Å²) in [7, 11) is 1.50. The van der Waals surface area contributed by atoms with Gasteiger partial charge >= 0.3 is 0 Å². The number of carbonyl (C=O) groups is 1. The van der Waals surface area contributed by atoms with E-state index in [1.54, 1.807) is 13.0 Å². The molecule has 0 saturated carbocycles. The van der Waals surface area contributed by atoms with Gasteiger partial charge in [0.25, 0.3) is 11.5 Å². The van der Waals surface area contributed by atoms with E-state index >= 15 is 0 Å². The number of nitrogens with one attached hydrogen (secondary N) is 2. The molecule has 7 nitrogen and oxygen atoms in total. The average molecular weight is 563 g/mol. The van der Waals surface area contributed by atoms with Gasteiger partial charge in [-0.3, -0.25) is 14.5 Å². The molecule has 9 heteroatoms. The highest BCUT2D eigenvalue weighted by Gasteiger charge is 2.29. The van der Waals surface area contributed by atoms with E-state index in [-0.39, 0.29) is 24.1 Å². The molecule has 0 aliphatic carbocycles. The van der Waals surface area contributed by atoms with Crippen LogP contribution >= 0.6 is 0 Å². The Kier molecular flexibility index (Phi) is 8.26. The van der Waals surface area contributed by atoms with Gasteiger partial charge in [-0.05, 0) is 82.4 Å². The van der Waals surface area contributed by atoms with Crippen LogP contribution in [0, 0.1) is 31.4 Å². The summed E-state index contributed by atoms with van der Waals surface area (Å²) >= 11 is 0. The van der Waals surface area contributed by atoms with Crippen molar-refractivity contribution in [3.05, 3.63) is 98.6 Å². The zero-order valence-corrected chi connectivity index (χ0v) is 23.9. The molecule has 5 rings (SSSR count). The maximum atomic E-state index is 13.7. The van der Waals surface area contributed by atoms with Crippen LogP contribution in [0.2, 0.25) is 0 Å². The Bertz CT molecular complexity index is 1620. The Morgan fingerprint density at radius 1 is 1.10 bits per heavy atom. The monoisotopic (exact) mass is 562 g/mol. The predicted octanol–water partition coefficient (Wildman–Crippen LogP) is 5.64. The highest BCUT2D eigenvalue weighted by atomic mass is 19.1. The first-order chi connectivity index (χ1) is 19.7. The third kappa shape index (κ3) is 5.91. The molecule has 0 bridgehead atoms. The van der Waals surface area contributed by atoms with Crippen LogP contribution in [0.15, 0.2) is 53.3 Å². The lowest BCUT2D eigenvalue weighted by atomic mass is 9.89. The number of nitrogens with zero attached hydrogens (tertiary/aromatic N) is 2. The lowest BCUT2D eigenvalue weighted by molar-refractivity contribution is 0.0951. The predicted molar refractivity (Wildman–Crippen MR) is 155 cm³/mol. The van der Waals surface area contributed by atoms with Gasteiger partial charge in [-0.2, -0.15) is 0 Å². The molecule has 1 aliphatic rings. The number of aromatic amines is 1. The summed E-state index contributed by atoms with van der Waals surface area (Å²) in [6, 6.07) is 13.5. The first-order valence-electron chi connectivity index (χ1n) is 14.0. The maximum Gasteiger partial charge on any atom is 0.256 e. The van der Waals surface area contributed by atoms with Crippen LogP contribution in [0.1, 0.15) is 58.7 Å². The van der Waals surface area contributed by atoms with Gasteiger partial charge in [0.1, 0.15) is 17.4 Å². The number of methoxy groups -OCH3 is 1. The fraction of sp³-hybridized carbons (Fsp3) is 0.375. The Balaban J connectivity index is 1.33. The van der Waals surface area contributed by atoms with Crippen LogP contribution in [-0.4, -0.2) is 40.6 Å². The Hall–Kier alpha value is -3.98. The van der Waals surface area contributed by atoms with E-state index in [1.165, 1.54) is 19.2 Å². The molecule has 0 radical (unpaired) electrons. The van der Waals surface area contributed by atoms with Gasteiger partial charge in [0, 0.05) is 40.9 Å². The van der Waals surface area contributed by atoms with Gasteiger partial charge < -0.3 is 19.6 Å². The molecule has 4 aromatic rings. The van der Waals surface area contributed by atoms with E-state index in [4.69, 9.17) is 4.74 Å². The van der Waals surface area contributed by atoms with Crippen LogP contribution in [-0.2, 0) is 13.1 Å². The summed E-state index contributed by atoms with van der Waals surface area (Å²) in [4.78, 5) is 31.1. The van der Waals surface area contributed by atoms with E-state index in [0.717, 1.165) is 48.6 Å². The van der Waals surface area contributed by atoms with Crippen LogP contribution < -0.4 is 15.6 Å². The van der Waals surface area contributed by atoms with Crippen LogP contribution in [0.25, 0.3) is 10.9 Å². The molecule has 1 atom stereocenters. The summed E-state index contributed by atoms with van der Waals surface area (Å²) in [6.45, 7) is 8.15. The van der Waals surface area contributed by atoms with E-state index < -0.39 is 11.6 Å². The fourth-order valence-electron chi connectivity index (χ4n) is 6.26. The maximum absolute atomic E-state index is 13.7. The minimum absolute atomic E-state index is 0.0415. The normalized spacial score (nSPS) is 15.3. The number of halogens is 2. The number of amides is 1. The van der Waals surface area contributed by atoms with Gasteiger partial charge in [0.05, 0.1) is 24.8 Å². The van der Waals surface area contributed by atoms with Gasteiger partial charge in [-0.25, -0.2) is 8.78 Å². The molecule has 2 aromatic carbocycles. The number of H-pyrrole nitrogens is 1. The Morgan fingerprint density at radius 2 is 1.78 bits per heavy atom. The highest BCUT2D eigenvalue weighted by molar-refractivity contribution is 6.08. The lowest BCUT2D eigenvalue weighted by Crippen LogP contribution is -2.36. The van der Waals surface area contributed by atoms with Crippen molar-refractivity contribution in [1.29, 1.82) is 0 Å². The van der Waals surface area contributed by atoms with Crippen molar-refractivity contribution in [2.24, 2.45) is 5.92 Å². The molecule has 1 aliphatic heterocycles. The second-order valence-electron chi connectivity index (χ2n) is 11.0. The number of hydrogen-bond acceptors (Lipinski definition) is 4. The largest absolute Gasteiger partial charge is 0.496 e. The molecule has 1 fully saturated rings. The van der Waals surface area contributed by atoms with Crippen molar-refractivity contribution in [3.63, 3.8) is 0 Å². The summed E-state index contributed by atoms with van der Waals surface area (Å²) in [5, 5.41) is 3.81. The molecule has 1 amide bonds. The van der Waals surface area contributed by atoms with Gasteiger partial charge in [-0.1, -0.05) is 18.2 Å². The number of ether oxygens (including phenoxy) is 1. The Labute approximate surface area is 238 Å². The lowest BCUT2D eigenvalue weighted by Gasteiger charge is -2.36. The molecule has 3 heterocycles. The van der Waals surface area contributed by atoms with Crippen LogP contribution in [0.3, 0.4) is 0 Å². The molecule has 2 N–H and O–H groups in total. The van der Waals surface area contributed by atoms with Gasteiger partial charge in [0.15, 0.2) is 0 Å². The molecule has 216 valence electrons. The standard InChI is InChI=1S/C32H36F2N4O3/c1-19-13-29(41-4)27(31(39)36-19)17-35-32(40)30-21(3)38(28-8-6-5-7-26(28)30)20(2)23-9-11-37(12-10-23)18-22-14-24(33)16-25(34)15-22/h5-8,13-16,20,23H,9-12,17-18H2,1-4H3,(H,35,40)(H,36,39)/t20-/m1/s1. The molecular formula is C32H36F2N4O3.